The summed E-state index contributed by atoms with van der Waals surface area (Å²) in [5, 5.41) is 7.26. The van der Waals surface area contributed by atoms with Gasteiger partial charge in [-0.2, -0.15) is 11.8 Å². The maximum absolute atomic E-state index is 3.76. The first-order chi connectivity index (χ1) is 8.35. The van der Waals surface area contributed by atoms with Gasteiger partial charge in [0, 0.05) is 11.3 Å². The van der Waals surface area contributed by atoms with E-state index in [4.69, 9.17) is 0 Å². The fraction of sp³-hybridized carbons (Fsp3) is 1.00. The Labute approximate surface area is 111 Å². The monoisotopic (exact) mass is 256 g/mol. The maximum Gasteiger partial charge on any atom is 0.0281 e. The van der Waals surface area contributed by atoms with Crippen molar-refractivity contribution in [1.82, 2.24) is 10.6 Å². The fourth-order valence-electron chi connectivity index (χ4n) is 3.25. The lowest BCUT2D eigenvalue weighted by atomic mass is 9.88. The highest BCUT2D eigenvalue weighted by atomic mass is 32.2. The fourth-order valence-corrected chi connectivity index (χ4v) is 4.19. The largest absolute Gasteiger partial charge is 0.316 e. The van der Waals surface area contributed by atoms with Crippen molar-refractivity contribution in [2.24, 2.45) is 5.92 Å². The molecule has 2 rings (SSSR count). The van der Waals surface area contributed by atoms with Gasteiger partial charge in [0.05, 0.1) is 0 Å². The number of nitrogens with one attached hydrogen (secondary N) is 2. The van der Waals surface area contributed by atoms with E-state index < -0.39 is 0 Å². The molecular formula is C14H28N2S. The van der Waals surface area contributed by atoms with E-state index in [2.05, 4.69) is 28.7 Å². The Bertz CT molecular complexity index is 208. The molecule has 0 spiro atoms. The molecule has 0 bridgehead atoms. The third-order valence-electron chi connectivity index (χ3n) is 4.48. The van der Waals surface area contributed by atoms with Crippen molar-refractivity contribution in [3.8, 4) is 0 Å². The molecule has 1 saturated heterocycles. The van der Waals surface area contributed by atoms with E-state index in [9.17, 15) is 0 Å². The lowest BCUT2D eigenvalue weighted by Crippen LogP contribution is -2.43. The highest BCUT2D eigenvalue weighted by molar-refractivity contribution is 8.00. The molecule has 1 heterocycles. The van der Waals surface area contributed by atoms with Crippen molar-refractivity contribution in [2.45, 2.75) is 49.7 Å². The molecule has 0 aromatic rings. The van der Waals surface area contributed by atoms with Crippen LogP contribution in [0, 0.1) is 5.92 Å². The topological polar surface area (TPSA) is 24.1 Å². The standard InChI is InChI=1S/C14H28N2S/c1-17-14(7-3-2-4-8-14)12-16-11-13-6-5-9-15-10-13/h13,15-16H,2-12H2,1H3. The second-order valence-electron chi connectivity index (χ2n) is 5.79. The highest BCUT2D eigenvalue weighted by Gasteiger charge is 2.30. The average Bonchev–Trinajstić information content (AvgIpc) is 2.41. The molecular weight excluding hydrogens is 228 g/mol. The smallest absolute Gasteiger partial charge is 0.0281 e. The molecule has 2 nitrogen and oxygen atoms in total. The maximum atomic E-state index is 3.76. The van der Waals surface area contributed by atoms with Gasteiger partial charge in [0.25, 0.3) is 0 Å². The molecule has 0 aromatic carbocycles. The number of hydrogen-bond donors (Lipinski definition) is 2. The van der Waals surface area contributed by atoms with E-state index in [1.807, 2.05) is 0 Å². The predicted octanol–water partition coefficient (Wildman–Crippen LogP) is 2.64. The lowest BCUT2D eigenvalue weighted by Gasteiger charge is -2.36. The number of piperidine rings is 1. The Kier molecular flexibility index (Phi) is 5.64. The summed E-state index contributed by atoms with van der Waals surface area (Å²) in [7, 11) is 0. The van der Waals surface area contributed by atoms with Crippen LogP contribution in [0.2, 0.25) is 0 Å². The van der Waals surface area contributed by atoms with E-state index >= 15 is 0 Å². The van der Waals surface area contributed by atoms with Gasteiger partial charge in [-0.1, -0.05) is 19.3 Å². The van der Waals surface area contributed by atoms with Crippen LogP contribution in [0.25, 0.3) is 0 Å². The average molecular weight is 256 g/mol. The van der Waals surface area contributed by atoms with Gasteiger partial charge in [-0.25, -0.2) is 0 Å². The first-order valence-electron chi connectivity index (χ1n) is 7.31. The van der Waals surface area contributed by atoms with Gasteiger partial charge in [-0.15, -0.1) is 0 Å². The zero-order chi connectivity index (χ0) is 12.0. The Balaban J connectivity index is 1.68. The van der Waals surface area contributed by atoms with Crippen LogP contribution in [-0.4, -0.2) is 37.2 Å². The van der Waals surface area contributed by atoms with E-state index in [1.54, 1.807) is 0 Å². The third kappa shape index (κ3) is 4.15. The van der Waals surface area contributed by atoms with Crippen LogP contribution < -0.4 is 10.6 Å². The van der Waals surface area contributed by atoms with Gasteiger partial charge in [0.1, 0.15) is 0 Å². The molecule has 2 aliphatic rings. The molecule has 1 aliphatic carbocycles. The van der Waals surface area contributed by atoms with Crippen LogP contribution in [0.5, 0.6) is 0 Å². The number of rotatable bonds is 5. The van der Waals surface area contributed by atoms with Crippen LogP contribution in [0.3, 0.4) is 0 Å². The predicted molar refractivity (Wildman–Crippen MR) is 77.8 cm³/mol. The summed E-state index contributed by atoms with van der Waals surface area (Å²) in [6.45, 7) is 4.89. The zero-order valence-electron chi connectivity index (χ0n) is 11.3. The van der Waals surface area contributed by atoms with E-state index in [1.165, 1.54) is 71.1 Å². The van der Waals surface area contributed by atoms with Crippen molar-refractivity contribution in [2.75, 3.05) is 32.4 Å². The minimum absolute atomic E-state index is 0.556. The van der Waals surface area contributed by atoms with Gasteiger partial charge in [0.2, 0.25) is 0 Å². The van der Waals surface area contributed by atoms with E-state index in [0.717, 1.165) is 5.92 Å². The Morgan fingerprint density at radius 2 is 2.06 bits per heavy atom. The molecule has 100 valence electrons. The van der Waals surface area contributed by atoms with E-state index in [0.29, 0.717) is 4.75 Å². The summed E-state index contributed by atoms with van der Waals surface area (Å²) < 4.78 is 0.556. The lowest BCUT2D eigenvalue weighted by molar-refractivity contribution is 0.332. The molecule has 2 fully saturated rings. The second kappa shape index (κ2) is 7.01. The summed E-state index contributed by atoms with van der Waals surface area (Å²) >= 11 is 2.10. The molecule has 3 heteroatoms. The minimum atomic E-state index is 0.556. The molecule has 17 heavy (non-hydrogen) atoms. The highest BCUT2D eigenvalue weighted by Crippen LogP contribution is 2.37. The van der Waals surface area contributed by atoms with Crippen LogP contribution in [0.15, 0.2) is 0 Å². The third-order valence-corrected chi connectivity index (χ3v) is 5.90. The second-order valence-corrected chi connectivity index (χ2v) is 7.07. The SMILES string of the molecule is CSC1(CNCC2CCCNC2)CCCCC1. The minimum Gasteiger partial charge on any atom is -0.316 e. The Morgan fingerprint density at radius 1 is 1.24 bits per heavy atom. The quantitative estimate of drug-likeness (QED) is 0.791. The number of thioether (sulfide) groups is 1. The first-order valence-corrected chi connectivity index (χ1v) is 8.54. The van der Waals surface area contributed by atoms with Crippen molar-refractivity contribution >= 4 is 11.8 Å². The van der Waals surface area contributed by atoms with Crippen molar-refractivity contribution < 1.29 is 0 Å². The summed E-state index contributed by atoms with van der Waals surface area (Å²) in [5.74, 6) is 0.867. The molecule has 2 N–H and O–H groups in total. The van der Waals surface area contributed by atoms with Crippen LogP contribution >= 0.6 is 11.8 Å². The Hall–Kier alpha value is 0.270. The van der Waals surface area contributed by atoms with Gasteiger partial charge >= 0.3 is 0 Å². The summed E-state index contributed by atoms with van der Waals surface area (Å²) in [6, 6.07) is 0. The summed E-state index contributed by atoms with van der Waals surface area (Å²) in [4.78, 5) is 0. The van der Waals surface area contributed by atoms with Crippen molar-refractivity contribution in [3.05, 3.63) is 0 Å². The normalized spacial score (nSPS) is 29.1. The molecule has 1 atom stereocenters. The first kappa shape index (κ1) is 13.7. The zero-order valence-corrected chi connectivity index (χ0v) is 12.1. The van der Waals surface area contributed by atoms with Crippen LogP contribution in [0.1, 0.15) is 44.9 Å². The van der Waals surface area contributed by atoms with Crippen LogP contribution in [-0.2, 0) is 0 Å². The van der Waals surface area contributed by atoms with Crippen molar-refractivity contribution in [3.63, 3.8) is 0 Å². The Morgan fingerprint density at radius 3 is 2.71 bits per heavy atom. The van der Waals surface area contributed by atoms with Crippen molar-refractivity contribution in [1.29, 1.82) is 0 Å². The van der Waals surface area contributed by atoms with Gasteiger partial charge in [0.15, 0.2) is 0 Å². The molecule has 0 aromatic heterocycles. The molecule has 1 unspecified atom stereocenters. The molecule has 0 amide bonds. The van der Waals surface area contributed by atoms with Gasteiger partial charge in [-0.05, 0) is 57.5 Å². The molecule has 0 radical (unpaired) electrons. The van der Waals surface area contributed by atoms with Gasteiger partial charge in [-0.3, -0.25) is 0 Å². The van der Waals surface area contributed by atoms with E-state index in [-0.39, 0.29) is 0 Å². The van der Waals surface area contributed by atoms with Gasteiger partial charge < -0.3 is 10.6 Å². The molecule has 1 aliphatic heterocycles. The molecule has 1 saturated carbocycles. The summed E-state index contributed by atoms with van der Waals surface area (Å²) in [5.41, 5.74) is 0. The van der Waals surface area contributed by atoms with Crippen LogP contribution in [0.4, 0.5) is 0 Å². The number of hydrogen-bond acceptors (Lipinski definition) is 3. The summed E-state index contributed by atoms with van der Waals surface area (Å²) in [6.07, 6.45) is 12.2.